The third kappa shape index (κ3) is 7.95. The fourth-order valence-electron chi connectivity index (χ4n) is 5.22. The molecule has 1 atom stereocenters. The third-order valence-electron chi connectivity index (χ3n) is 7.58. The number of benzene rings is 3. The Morgan fingerprint density at radius 1 is 0.881 bits per heavy atom. The summed E-state index contributed by atoms with van der Waals surface area (Å²) in [6, 6.07) is 22.8. The molecule has 42 heavy (non-hydrogen) atoms. The second-order valence-corrected chi connectivity index (χ2v) is 12.9. The Kier molecular flexibility index (Phi) is 10.7. The van der Waals surface area contributed by atoms with Gasteiger partial charge in [0.25, 0.3) is 0 Å². The molecular formula is C32H39FN4O4S. The summed E-state index contributed by atoms with van der Waals surface area (Å²) in [6.45, 7) is -0.771. The average molecular weight is 595 g/mol. The van der Waals surface area contributed by atoms with Crippen LogP contribution < -0.4 is 9.62 Å². The summed E-state index contributed by atoms with van der Waals surface area (Å²) in [5.74, 6) is -1.47. The van der Waals surface area contributed by atoms with Crippen LogP contribution in [-0.2, 0) is 32.8 Å². The zero-order valence-corrected chi connectivity index (χ0v) is 25.0. The van der Waals surface area contributed by atoms with Gasteiger partial charge < -0.3 is 10.2 Å². The first-order chi connectivity index (χ1) is 20.2. The Balaban J connectivity index is 1.75. The van der Waals surface area contributed by atoms with Crippen molar-refractivity contribution < 1.29 is 22.4 Å². The van der Waals surface area contributed by atoms with Gasteiger partial charge >= 0.3 is 10.2 Å². The van der Waals surface area contributed by atoms with Crippen molar-refractivity contribution in [1.82, 2.24) is 14.5 Å². The number of nitrogens with zero attached hydrogens (tertiary/aromatic N) is 3. The van der Waals surface area contributed by atoms with E-state index < -0.39 is 34.5 Å². The number of hydrogen-bond acceptors (Lipinski definition) is 4. The van der Waals surface area contributed by atoms with Crippen LogP contribution in [0.1, 0.15) is 43.2 Å². The van der Waals surface area contributed by atoms with Gasteiger partial charge in [0.1, 0.15) is 18.4 Å². The van der Waals surface area contributed by atoms with Gasteiger partial charge in [0.05, 0.1) is 5.69 Å². The maximum atomic E-state index is 14.9. The molecule has 3 aromatic carbocycles. The number of carbonyl (C=O) groups is 2. The van der Waals surface area contributed by atoms with Crippen molar-refractivity contribution >= 4 is 27.7 Å². The van der Waals surface area contributed by atoms with Gasteiger partial charge in [-0.25, -0.2) is 8.70 Å². The third-order valence-corrected chi connectivity index (χ3v) is 9.40. The second-order valence-electron chi connectivity index (χ2n) is 10.8. The lowest BCUT2D eigenvalue weighted by atomic mass is 9.94. The predicted octanol–water partition coefficient (Wildman–Crippen LogP) is 4.53. The molecule has 1 fully saturated rings. The molecule has 3 aromatic rings. The minimum Gasteiger partial charge on any atom is -0.352 e. The van der Waals surface area contributed by atoms with Gasteiger partial charge in [-0.3, -0.25) is 9.59 Å². The van der Waals surface area contributed by atoms with Crippen molar-refractivity contribution in [2.45, 2.75) is 57.2 Å². The fourth-order valence-corrected chi connectivity index (χ4v) is 6.28. The SMILES string of the molecule is CN(C)S(=O)(=O)N(CC(=O)N(Cc1ccccc1F)[C@@H](Cc1ccccc1)C(=O)NC1CCCCC1)c1ccccc1. The van der Waals surface area contributed by atoms with E-state index in [4.69, 9.17) is 0 Å². The summed E-state index contributed by atoms with van der Waals surface area (Å²) in [5, 5.41) is 3.14. The van der Waals surface area contributed by atoms with E-state index >= 15 is 0 Å². The van der Waals surface area contributed by atoms with Gasteiger partial charge in [-0.15, -0.1) is 0 Å². The molecule has 10 heteroatoms. The topological polar surface area (TPSA) is 90.0 Å². The lowest BCUT2D eigenvalue weighted by Gasteiger charge is -2.35. The molecule has 1 aliphatic carbocycles. The molecule has 0 aliphatic heterocycles. The fraction of sp³-hybridized carbons (Fsp3) is 0.375. The van der Waals surface area contributed by atoms with Crippen molar-refractivity contribution in [3.05, 3.63) is 102 Å². The van der Waals surface area contributed by atoms with E-state index in [0.717, 1.165) is 46.3 Å². The minimum atomic E-state index is -4.08. The van der Waals surface area contributed by atoms with Crippen molar-refractivity contribution in [2.75, 3.05) is 24.9 Å². The molecule has 0 aromatic heterocycles. The Labute approximate surface area is 248 Å². The zero-order valence-electron chi connectivity index (χ0n) is 24.2. The van der Waals surface area contributed by atoms with Gasteiger partial charge in [-0.2, -0.15) is 12.7 Å². The molecule has 2 amide bonds. The smallest absolute Gasteiger partial charge is 0.304 e. The molecule has 0 bridgehead atoms. The van der Waals surface area contributed by atoms with E-state index in [9.17, 15) is 22.4 Å². The molecule has 0 spiro atoms. The summed E-state index contributed by atoms with van der Waals surface area (Å²) in [7, 11) is -1.30. The molecule has 0 heterocycles. The van der Waals surface area contributed by atoms with E-state index in [1.54, 1.807) is 48.5 Å². The van der Waals surface area contributed by atoms with Crippen molar-refractivity contribution in [2.24, 2.45) is 0 Å². The van der Waals surface area contributed by atoms with E-state index in [0.29, 0.717) is 5.69 Å². The summed E-state index contributed by atoms with van der Waals surface area (Å²) < 4.78 is 43.8. The highest BCUT2D eigenvalue weighted by Gasteiger charge is 2.35. The second kappa shape index (κ2) is 14.4. The summed E-state index contributed by atoms with van der Waals surface area (Å²) >= 11 is 0. The number of para-hydroxylation sites is 1. The average Bonchev–Trinajstić information content (AvgIpc) is 2.99. The first-order valence-electron chi connectivity index (χ1n) is 14.3. The van der Waals surface area contributed by atoms with Crippen molar-refractivity contribution in [3.63, 3.8) is 0 Å². The molecule has 1 N–H and O–H groups in total. The number of hydrogen-bond donors (Lipinski definition) is 1. The zero-order chi connectivity index (χ0) is 30.1. The molecule has 224 valence electrons. The lowest BCUT2D eigenvalue weighted by Crippen LogP contribution is -2.55. The lowest BCUT2D eigenvalue weighted by molar-refractivity contribution is -0.140. The Morgan fingerprint density at radius 2 is 1.48 bits per heavy atom. The maximum Gasteiger partial charge on any atom is 0.304 e. The van der Waals surface area contributed by atoms with E-state index in [-0.39, 0.29) is 30.5 Å². The number of nitrogens with one attached hydrogen (secondary N) is 1. The van der Waals surface area contributed by atoms with Crippen LogP contribution in [0.5, 0.6) is 0 Å². The number of halogens is 1. The van der Waals surface area contributed by atoms with E-state index in [1.165, 1.54) is 25.1 Å². The quantitative estimate of drug-likeness (QED) is 0.334. The number of amides is 2. The molecule has 4 rings (SSSR count). The summed E-state index contributed by atoms with van der Waals surface area (Å²) in [5.41, 5.74) is 1.36. The predicted molar refractivity (Wildman–Crippen MR) is 162 cm³/mol. The van der Waals surface area contributed by atoms with Crippen LogP contribution in [-0.4, -0.2) is 62.2 Å². The highest BCUT2D eigenvalue weighted by Crippen LogP contribution is 2.23. The van der Waals surface area contributed by atoms with Crippen LogP contribution in [0.3, 0.4) is 0 Å². The van der Waals surface area contributed by atoms with Crippen LogP contribution in [0.15, 0.2) is 84.9 Å². The molecule has 8 nitrogen and oxygen atoms in total. The van der Waals surface area contributed by atoms with Crippen LogP contribution in [0.4, 0.5) is 10.1 Å². The largest absolute Gasteiger partial charge is 0.352 e. The number of anilines is 1. The van der Waals surface area contributed by atoms with Gasteiger partial charge in [0.2, 0.25) is 11.8 Å². The molecule has 0 unspecified atom stereocenters. The van der Waals surface area contributed by atoms with Gasteiger partial charge in [0, 0.05) is 38.7 Å². The Morgan fingerprint density at radius 3 is 2.10 bits per heavy atom. The minimum absolute atomic E-state index is 0.00938. The standard InChI is InChI=1S/C32H39FN4O4S/c1-35(2)42(40,41)37(28-19-10-5-11-20-28)24-31(38)36(23-26-16-12-13-21-29(26)33)30(22-25-14-6-3-7-15-25)32(39)34-27-17-8-4-9-18-27/h3,5-7,10-16,19-21,27,30H,4,8-9,17-18,22-24H2,1-2H3,(H,34,39)/t30-/m0/s1. The van der Waals surface area contributed by atoms with Gasteiger partial charge in [-0.1, -0.05) is 86.0 Å². The molecular weight excluding hydrogens is 555 g/mol. The van der Waals surface area contributed by atoms with Crippen LogP contribution >= 0.6 is 0 Å². The Hall–Kier alpha value is -3.76. The molecule has 0 saturated heterocycles. The maximum absolute atomic E-state index is 14.9. The molecule has 1 saturated carbocycles. The highest BCUT2D eigenvalue weighted by molar-refractivity contribution is 7.90. The first kappa shape index (κ1) is 31.2. The normalized spacial score (nSPS) is 14.8. The first-order valence-corrected chi connectivity index (χ1v) is 15.7. The van der Waals surface area contributed by atoms with Gasteiger partial charge in [-0.05, 0) is 36.6 Å². The van der Waals surface area contributed by atoms with Crippen LogP contribution in [0, 0.1) is 5.82 Å². The number of rotatable bonds is 12. The van der Waals surface area contributed by atoms with Gasteiger partial charge in [0.15, 0.2) is 0 Å². The van der Waals surface area contributed by atoms with Crippen molar-refractivity contribution in [1.29, 1.82) is 0 Å². The van der Waals surface area contributed by atoms with Crippen LogP contribution in [0.25, 0.3) is 0 Å². The Bertz CT molecular complexity index is 1430. The van der Waals surface area contributed by atoms with Crippen molar-refractivity contribution in [3.8, 4) is 0 Å². The highest BCUT2D eigenvalue weighted by atomic mass is 32.2. The molecule has 0 radical (unpaired) electrons. The summed E-state index contributed by atoms with van der Waals surface area (Å²) in [4.78, 5) is 29.5. The monoisotopic (exact) mass is 594 g/mol. The summed E-state index contributed by atoms with van der Waals surface area (Å²) in [6.07, 6.45) is 5.04. The van der Waals surface area contributed by atoms with E-state index in [2.05, 4.69) is 5.32 Å². The number of carbonyl (C=O) groups excluding carboxylic acids is 2. The van der Waals surface area contributed by atoms with E-state index in [1.807, 2.05) is 30.3 Å². The molecule has 1 aliphatic rings. The van der Waals surface area contributed by atoms with Crippen LogP contribution in [0.2, 0.25) is 0 Å².